The topological polar surface area (TPSA) is 88.8 Å². The van der Waals surface area contributed by atoms with E-state index in [0.717, 1.165) is 54.5 Å². The van der Waals surface area contributed by atoms with Gasteiger partial charge in [0.15, 0.2) is 0 Å². The maximum atomic E-state index is 14.6. The summed E-state index contributed by atoms with van der Waals surface area (Å²) in [7, 11) is 0. The Morgan fingerprint density at radius 2 is 2.00 bits per heavy atom. The number of aryl methyl sites for hydroxylation is 2. The normalized spacial score (nSPS) is 19.4. The van der Waals surface area contributed by atoms with Gasteiger partial charge in [-0.2, -0.15) is 0 Å². The molecule has 1 atom stereocenters. The van der Waals surface area contributed by atoms with Crippen molar-refractivity contribution in [1.29, 1.82) is 0 Å². The maximum absolute atomic E-state index is 14.6. The predicted octanol–water partition coefficient (Wildman–Crippen LogP) is 5.19. The third kappa shape index (κ3) is 4.57. The molecule has 3 aromatic rings. The molecule has 0 saturated carbocycles. The molecule has 9 heteroatoms. The summed E-state index contributed by atoms with van der Waals surface area (Å²) in [6, 6.07) is 3.93. The van der Waals surface area contributed by atoms with Crippen LogP contribution in [-0.4, -0.2) is 38.2 Å². The number of halogens is 2. The van der Waals surface area contributed by atoms with Gasteiger partial charge in [0.2, 0.25) is 5.95 Å². The zero-order valence-electron chi connectivity index (χ0n) is 20.7. The molecular formula is C26H30F2N6O. The zero-order chi connectivity index (χ0) is 25.0. The zero-order valence-corrected chi connectivity index (χ0v) is 20.7. The number of aromatic nitrogens is 4. The highest BCUT2D eigenvalue weighted by atomic mass is 19.3. The van der Waals surface area contributed by atoms with E-state index in [0.29, 0.717) is 23.7 Å². The summed E-state index contributed by atoms with van der Waals surface area (Å²) < 4.78 is 34.5. The number of hydrogen-bond donors (Lipinski definition) is 2. The number of fused-ring (bicyclic) bond motifs is 1. The second-order valence-electron chi connectivity index (χ2n) is 10.2. The molecule has 35 heavy (non-hydrogen) atoms. The van der Waals surface area contributed by atoms with Crippen LogP contribution in [0.4, 0.5) is 14.7 Å². The Balaban J connectivity index is 1.48. The minimum atomic E-state index is -3.09. The van der Waals surface area contributed by atoms with Gasteiger partial charge in [0, 0.05) is 48.8 Å². The Bertz CT molecular complexity index is 1280. The van der Waals surface area contributed by atoms with Crippen LogP contribution in [0, 0.1) is 13.8 Å². The van der Waals surface area contributed by atoms with Crippen molar-refractivity contribution >= 4 is 11.5 Å². The maximum Gasteiger partial charge on any atom is 0.274 e. The molecule has 184 valence electrons. The van der Waals surface area contributed by atoms with E-state index in [4.69, 9.17) is 9.51 Å². The van der Waals surface area contributed by atoms with Crippen molar-refractivity contribution in [2.24, 2.45) is 0 Å². The third-order valence-electron chi connectivity index (χ3n) is 6.85. The molecule has 2 N–H and O–H groups in total. The van der Waals surface area contributed by atoms with Crippen molar-refractivity contribution < 1.29 is 13.3 Å². The predicted molar refractivity (Wildman–Crippen MR) is 130 cm³/mol. The Morgan fingerprint density at radius 1 is 1.20 bits per heavy atom. The average molecular weight is 481 g/mol. The summed E-state index contributed by atoms with van der Waals surface area (Å²) in [4.78, 5) is 13.6. The molecule has 0 spiro atoms. The van der Waals surface area contributed by atoms with Crippen molar-refractivity contribution in [2.75, 3.05) is 11.9 Å². The largest absolute Gasteiger partial charge is 0.361 e. The van der Waals surface area contributed by atoms with E-state index in [1.54, 1.807) is 0 Å². The van der Waals surface area contributed by atoms with Crippen molar-refractivity contribution in [1.82, 2.24) is 25.4 Å². The minimum absolute atomic E-state index is 0.0894. The number of nitrogens with zero attached hydrogens (tertiary/aromatic N) is 4. The quantitative estimate of drug-likeness (QED) is 0.520. The molecule has 0 unspecified atom stereocenters. The highest BCUT2D eigenvalue weighted by Crippen LogP contribution is 2.39. The molecule has 3 aromatic heterocycles. The van der Waals surface area contributed by atoms with Crippen LogP contribution >= 0.6 is 0 Å². The van der Waals surface area contributed by atoms with E-state index in [1.165, 1.54) is 6.20 Å². The first-order valence-corrected chi connectivity index (χ1v) is 11.9. The second kappa shape index (κ2) is 8.48. The molecule has 2 aliphatic rings. The molecule has 4 heterocycles. The van der Waals surface area contributed by atoms with Gasteiger partial charge in [-0.05, 0) is 46.6 Å². The summed E-state index contributed by atoms with van der Waals surface area (Å²) >= 11 is 0. The van der Waals surface area contributed by atoms with Gasteiger partial charge in [0.05, 0.1) is 33.9 Å². The SMILES string of the molecule is Cc1noc(C)c1-c1ccc2c(n1)CC=C2c1nc(N[C@H]2CCC(C)(C)NC2)ncc1C(C)(F)F. The van der Waals surface area contributed by atoms with Crippen LogP contribution in [0.1, 0.15) is 67.6 Å². The first-order valence-electron chi connectivity index (χ1n) is 11.9. The number of alkyl halides is 2. The Labute approximate surface area is 203 Å². The van der Waals surface area contributed by atoms with Gasteiger partial charge in [-0.25, -0.2) is 18.7 Å². The number of piperidine rings is 1. The number of rotatable bonds is 5. The lowest BCUT2D eigenvalue weighted by atomic mass is 9.91. The fourth-order valence-electron chi connectivity index (χ4n) is 4.83. The molecule has 1 saturated heterocycles. The lowest BCUT2D eigenvalue weighted by molar-refractivity contribution is 0.0165. The van der Waals surface area contributed by atoms with Gasteiger partial charge in [0.1, 0.15) is 5.76 Å². The summed E-state index contributed by atoms with van der Waals surface area (Å²) in [5.74, 6) is -2.03. The second-order valence-corrected chi connectivity index (χ2v) is 10.2. The fourth-order valence-corrected chi connectivity index (χ4v) is 4.83. The lowest BCUT2D eigenvalue weighted by Crippen LogP contribution is -2.50. The van der Waals surface area contributed by atoms with Crippen LogP contribution in [-0.2, 0) is 12.3 Å². The molecular weight excluding hydrogens is 450 g/mol. The molecule has 1 aliphatic carbocycles. The summed E-state index contributed by atoms with van der Waals surface area (Å²) in [5, 5.41) is 10.9. The molecule has 0 aromatic carbocycles. The monoisotopic (exact) mass is 480 g/mol. The smallest absolute Gasteiger partial charge is 0.274 e. The molecule has 1 fully saturated rings. The van der Waals surface area contributed by atoms with Crippen LogP contribution in [0.3, 0.4) is 0 Å². The van der Waals surface area contributed by atoms with E-state index in [2.05, 4.69) is 39.6 Å². The standard InChI is InChI=1S/C26H30F2N6O/c1-14-22(15(2)35-34-14)21-9-6-17-18(7-8-20(17)32-21)23-19(26(5,27)28)13-29-24(33-23)31-16-10-11-25(3,4)30-12-16/h6-7,9,13,16,30H,8,10-12H2,1-5H3,(H,29,31,33)/t16-/m0/s1. The van der Waals surface area contributed by atoms with Gasteiger partial charge in [0.25, 0.3) is 5.92 Å². The van der Waals surface area contributed by atoms with Gasteiger partial charge in [-0.3, -0.25) is 4.98 Å². The van der Waals surface area contributed by atoms with E-state index >= 15 is 0 Å². The summed E-state index contributed by atoms with van der Waals surface area (Å²) in [6.45, 7) is 9.71. The van der Waals surface area contributed by atoms with E-state index in [1.807, 2.05) is 32.1 Å². The summed E-state index contributed by atoms with van der Waals surface area (Å²) in [5.41, 5.74) is 4.79. The Hall–Kier alpha value is -3.20. The fraction of sp³-hybridized carbons (Fsp3) is 0.462. The van der Waals surface area contributed by atoms with Gasteiger partial charge < -0.3 is 15.2 Å². The molecule has 0 amide bonds. The molecule has 1 aliphatic heterocycles. The highest BCUT2D eigenvalue weighted by Gasteiger charge is 2.33. The molecule has 7 nitrogen and oxygen atoms in total. The highest BCUT2D eigenvalue weighted by molar-refractivity contribution is 5.85. The average Bonchev–Trinajstić information content (AvgIpc) is 3.36. The number of anilines is 1. The third-order valence-corrected chi connectivity index (χ3v) is 6.85. The minimum Gasteiger partial charge on any atom is -0.361 e. The van der Waals surface area contributed by atoms with Crippen LogP contribution in [0.15, 0.2) is 28.9 Å². The van der Waals surface area contributed by atoms with Crippen LogP contribution < -0.4 is 10.6 Å². The van der Waals surface area contributed by atoms with Crippen LogP contribution in [0.5, 0.6) is 0 Å². The number of pyridine rings is 1. The summed E-state index contributed by atoms with van der Waals surface area (Å²) in [6.07, 6.45) is 5.64. The van der Waals surface area contributed by atoms with Crippen molar-refractivity contribution in [3.8, 4) is 11.3 Å². The van der Waals surface area contributed by atoms with Gasteiger partial charge >= 0.3 is 0 Å². The lowest BCUT2D eigenvalue weighted by Gasteiger charge is -2.36. The van der Waals surface area contributed by atoms with Crippen molar-refractivity contribution in [2.45, 2.75) is 71.4 Å². The van der Waals surface area contributed by atoms with Crippen LogP contribution in [0.25, 0.3) is 16.8 Å². The van der Waals surface area contributed by atoms with Crippen LogP contribution in [0.2, 0.25) is 0 Å². The first kappa shape index (κ1) is 23.5. The Kier molecular flexibility index (Phi) is 5.70. The van der Waals surface area contributed by atoms with E-state index in [-0.39, 0.29) is 22.8 Å². The molecule has 5 rings (SSSR count). The number of hydrogen-bond acceptors (Lipinski definition) is 7. The number of allylic oxidation sites excluding steroid dienone is 1. The molecule has 0 bridgehead atoms. The van der Waals surface area contributed by atoms with Crippen molar-refractivity contribution in [3.63, 3.8) is 0 Å². The molecule has 0 radical (unpaired) electrons. The van der Waals surface area contributed by atoms with Gasteiger partial charge in [-0.1, -0.05) is 17.3 Å². The van der Waals surface area contributed by atoms with Crippen molar-refractivity contribution in [3.05, 3.63) is 58.4 Å². The Morgan fingerprint density at radius 3 is 2.66 bits per heavy atom. The number of nitrogens with one attached hydrogen (secondary N) is 2. The first-order chi connectivity index (χ1) is 16.5. The van der Waals surface area contributed by atoms with E-state index in [9.17, 15) is 8.78 Å². The van der Waals surface area contributed by atoms with E-state index < -0.39 is 5.92 Å². The van der Waals surface area contributed by atoms with Gasteiger partial charge in [-0.15, -0.1) is 0 Å².